The molecule has 3 nitrogen and oxygen atoms in total. The number of hydrogen-bond donors (Lipinski definition) is 0. The summed E-state index contributed by atoms with van der Waals surface area (Å²) in [5.74, 6) is 0. The first-order chi connectivity index (χ1) is 11.6. The molecule has 116 valence electrons. The van der Waals surface area contributed by atoms with E-state index in [1.54, 1.807) is 0 Å². The highest BCUT2D eigenvalue weighted by atomic mass is 16.1. The molecular weight excluding hydrogens is 296 g/mol. The van der Waals surface area contributed by atoms with Gasteiger partial charge in [-0.15, -0.1) is 0 Å². The van der Waals surface area contributed by atoms with E-state index in [1.807, 2.05) is 54.9 Å². The zero-order valence-electron chi connectivity index (χ0n) is 13.6. The van der Waals surface area contributed by atoms with Crippen LogP contribution in [-0.2, 0) is 5.41 Å². The molecule has 0 spiro atoms. The highest BCUT2D eigenvalue weighted by molar-refractivity contribution is 5.98. The summed E-state index contributed by atoms with van der Waals surface area (Å²) in [4.78, 5) is 17.4. The minimum Gasteiger partial charge on any atom is -0.308 e. The second-order valence-electron chi connectivity index (χ2n) is 6.90. The standard InChI is InChI=1S/C21H16N2O/c1-21(2)15-8-5-7-14-19(15)23(18-10-11-22-12-16(18)21)17-9-4-3-6-13(17)20(14)24/h3-12H,1-2H3. The lowest BCUT2D eigenvalue weighted by molar-refractivity contribution is 0.626. The summed E-state index contributed by atoms with van der Waals surface area (Å²) < 4.78 is 2.23. The monoisotopic (exact) mass is 312 g/mol. The van der Waals surface area contributed by atoms with Gasteiger partial charge in [-0.25, -0.2) is 0 Å². The van der Waals surface area contributed by atoms with Crippen LogP contribution in [0.3, 0.4) is 0 Å². The fraction of sp³-hybridized carbons (Fsp3) is 0.143. The zero-order valence-corrected chi connectivity index (χ0v) is 13.6. The molecule has 0 aliphatic carbocycles. The SMILES string of the molecule is CC1(C)c2cnccc2-n2c3ccccc3c(=O)c3cccc1c32. The van der Waals surface area contributed by atoms with Gasteiger partial charge in [-0.05, 0) is 29.8 Å². The third-order valence-corrected chi connectivity index (χ3v) is 5.28. The van der Waals surface area contributed by atoms with Gasteiger partial charge in [0.25, 0.3) is 0 Å². The minimum absolute atomic E-state index is 0.104. The van der Waals surface area contributed by atoms with Crippen LogP contribution in [0.1, 0.15) is 25.0 Å². The third kappa shape index (κ3) is 1.47. The second-order valence-corrected chi connectivity index (χ2v) is 6.90. The Morgan fingerprint density at radius 1 is 0.917 bits per heavy atom. The largest absolute Gasteiger partial charge is 0.308 e. The first-order valence-corrected chi connectivity index (χ1v) is 8.12. The molecule has 3 heterocycles. The van der Waals surface area contributed by atoms with Gasteiger partial charge in [-0.2, -0.15) is 0 Å². The van der Waals surface area contributed by atoms with E-state index in [4.69, 9.17) is 0 Å². The van der Waals surface area contributed by atoms with Crippen molar-refractivity contribution in [1.82, 2.24) is 9.55 Å². The molecule has 1 aliphatic rings. The molecule has 0 N–H and O–H groups in total. The van der Waals surface area contributed by atoms with Crippen LogP contribution < -0.4 is 5.43 Å². The Balaban J connectivity index is 2.19. The van der Waals surface area contributed by atoms with E-state index < -0.39 is 0 Å². The molecular formula is C21H16N2O. The van der Waals surface area contributed by atoms with E-state index in [2.05, 4.69) is 29.5 Å². The molecule has 0 unspecified atom stereocenters. The maximum atomic E-state index is 13.0. The van der Waals surface area contributed by atoms with Gasteiger partial charge in [0.2, 0.25) is 0 Å². The summed E-state index contributed by atoms with van der Waals surface area (Å²) in [5.41, 5.74) is 5.33. The lowest BCUT2D eigenvalue weighted by atomic mass is 9.75. The van der Waals surface area contributed by atoms with E-state index in [9.17, 15) is 4.79 Å². The number of benzene rings is 2. The molecule has 1 aliphatic heterocycles. The van der Waals surface area contributed by atoms with E-state index in [0.29, 0.717) is 0 Å². The van der Waals surface area contributed by atoms with Crippen molar-refractivity contribution in [2.45, 2.75) is 19.3 Å². The first kappa shape index (κ1) is 13.5. The van der Waals surface area contributed by atoms with Crippen molar-refractivity contribution in [3.05, 3.63) is 82.3 Å². The molecule has 2 aromatic heterocycles. The van der Waals surface area contributed by atoms with Gasteiger partial charge in [0.05, 0.1) is 16.7 Å². The van der Waals surface area contributed by atoms with Gasteiger partial charge in [0, 0.05) is 34.1 Å². The highest BCUT2D eigenvalue weighted by Crippen LogP contribution is 2.43. The molecule has 0 radical (unpaired) electrons. The summed E-state index contributed by atoms with van der Waals surface area (Å²) in [6.45, 7) is 4.40. The normalized spacial score (nSPS) is 14.8. The summed E-state index contributed by atoms with van der Waals surface area (Å²) in [6, 6.07) is 15.9. The van der Waals surface area contributed by atoms with Crippen LogP contribution >= 0.6 is 0 Å². The molecule has 24 heavy (non-hydrogen) atoms. The number of fused-ring (bicyclic) bond motifs is 4. The maximum absolute atomic E-state index is 13.0. The lowest BCUT2D eigenvalue weighted by Gasteiger charge is -2.36. The summed E-state index contributed by atoms with van der Waals surface area (Å²) in [6.07, 6.45) is 3.77. The van der Waals surface area contributed by atoms with Crippen LogP contribution in [0.2, 0.25) is 0 Å². The Hall–Kier alpha value is -2.94. The van der Waals surface area contributed by atoms with Crippen LogP contribution in [0.25, 0.3) is 27.5 Å². The fourth-order valence-electron chi connectivity index (χ4n) is 4.06. The predicted octanol–water partition coefficient (Wildman–Crippen LogP) is 4.18. The van der Waals surface area contributed by atoms with Gasteiger partial charge in [0.15, 0.2) is 5.43 Å². The Labute approximate surface area is 139 Å². The molecule has 3 heteroatoms. The number of para-hydroxylation sites is 2. The first-order valence-electron chi connectivity index (χ1n) is 8.12. The highest BCUT2D eigenvalue weighted by Gasteiger charge is 2.34. The number of aromatic nitrogens is 2. The van der Waals surface area contributed by atoms with Crippen molar-refractivity contribution in [3.8, 4) is 5.69 Å². The average Bonchev–Trinajstić information content (AvgIpc) is 2.61. The Bertz CT molecular complexity index is 1200. The van der Waals surface area contributed by atoms with Crippen molar-refractivity contribution in [2.75, 3.05) is 0 Å². The van der Waals surface area contributed by atoms with E-state index >= 15 is 0 Å². The van der Waals surface area contributed by atoms with Gasteiger partial charge < -0.3 is 4.57 Å². The lowest BCUT2D eigenvalue weighted by Crippen LogP contribution is -2.28. The molecule has 0 saturated carbocycles. The van der Waals surface area contributed by atoms with E-state index in [-0.39, 0.29) is 10.8 Å². The van der Waals surface area contributed by atoms with Crippen molar-refractivity contribution in [1.29, 1.82) is 0 Å². The van der Waals surface area contributed by atoms with Crippen LogP contribution in [0, 0.1) is 0 Å². The quantitative estimate of drug-likeness (QED) is 0.457. The number of rotatable bonds is 0. The van der Waals surface area contributed by atoms with Crippen molar-refractivity contribution in [3.63, 3.8) is 0 Å². The molecule has 5 rings (SSSR count). The number of pyridine rings is 2. The summed E-state index contributed by atoms with van der Waals surface area (Å²) >= 11 is 0. The van der Waals surface area contributed by atoms with Crippen LogP contribution in [0.4, 0.5) is 0 Å². The molecule has 0 bridgehead atoms. The van der Waals surface area contributed by atoms with Crippen molar-refractivity contribution >= 4 is 21.8 Å². The van der Waals surface area contributed by atoms with Gasteiger partial charge in [-0.3, -0.25) is 9.78 Å². The van der Waals surface area contributed by atoms with Crippen molar-refractivity contribution in [2.24, 2.45) is 0 Å². The minimum atomic E-state index is -0.196. The molecule has 0 amide bonds. The van der Waals surface area contributed by atoms with Crippen LogP contribution in [0.15, 0.2) is 65.7 Å². The van der Waals surface area contributed by atoms with Crippen LogP contribution in [-0.4, -0.2) is 9.55 Å². The fourth-order valence-corrected chi connectivity index (χ4v) is 4.06. The number of hydrogen-bond acceptors (Lipinski definition) is 2. The molecule has 0 fully saturated rings. The zero-order chi connectivity index (χ0) is 16.5. The van der Waals surface area contributed by atoms with Crippen LogP contribution in [0.5, 0.6) is 0 Å². The second kappa shape index (κ2) is 4.32. The van der Waals surface area contributed by atoms with Gasteiger partial charge in [-0.1, -0.05) is 38.1 Å². The smallest absolute Gasteiger partial charge is 0.197 e. The Morgan fingerprint density at radius 2 is 1.71 bits per heavy atom. The summed E-state index contributed by atoms with van der Waals surface area (Å²) in [7, 11) is 0. The van der Waals surface area contributed by atoms with Gasteiger partial charge in [0.1, 0.15) is 0 Å². The van der Waals surface area contributed by atoms with E-state index in [1.165, 1.54) is 11.1 Å². The Morgan fingerprint density at radius 3 is 2.58 bits per heavy atom. The molecule has 0 saturated heterocycles. The number of nitrogens with zero attached hydrogens (tertiary/aromatic N) is 2. The predicted molar refractivity (Wildman–Crippen MR) is 97.0 cm³/mol. The topological polar surface area (TPSA) is 34.9 Å². The maximum Gasteiger partial charge on any atom is 0.197 e. The Kier molecular flexibility index (Phi) is 2.43. The van der Waals surface area contributed by atoms with E-state index in [0.717, 1.165) is 27.5 Å². The molecule has 2 aromatic carbocycles. The molecule has 0 atom stereocenters. The third-order valence-electron chi connectivity index (χ3n) is 5.28. The van der Waals surface area contributed by atoms with Crippen molar-refractivity contribution < 1.29 is 0 Å². The average molecular weight is 312 g/mol. The van der Waals surface area contributed by atoms with Gasteiger partial charge >= 0.3 is 0 Å². The summed E-state index contributed by atoms with van der Waals surface area (Å²) in [5, 5.41) is 1.53. The molecule has 4 aromatic rings.